The maximum atomic E-state index is 13.7. The molecule has 2 aliphatic rings. The summed E-state index contributed by atoms with van der Waals surface area (Å²) in [6, 6.07) is 11.1. The number of methoxy groups -OCH3 is 2. The molecule has 0 radical (unpaired) electrons. The molecule has 1 atom stereocenters. The summed E-state index contributed by atoms with van der Waals surface area (Å²) in [6.07, 6.45) is -10.3. The van der Waals surface area contributed by atoms with E-state index in [0.29, 0.717) is 45.7 Å². The summed E-state index contributed by atoms with van der Waals surface area (Å²) in [5.41, 5.74) is -1.95. The number of esters is 1. The number of sulfone groups is 1. The third-order valence-corrected chi connectivity index (χ3v) is 9.93. The number of benzene rings is 3. The largest absolute Gasteiger partial charge is 0.496 e. The van der Waals surface area contributed by atoms with Crippen LogP contribution in [0, 0.1) is 6.92 Å². The molecule has 17 heteroatoms. The molecule has 6 rings (SSSR count). The van der Waals surface area contributed by atoms with Gasteiger partial charge in [0.05, 0.1) is 48.7 Å². The van der Waals surface area contributed by atoms with E-state index in [1.807, 2.05) is 0 Å². The van der Waals surface area contributed by atoms with Crippen molar-refractivity contribution in [3.63, 3.8) is 0 Å². The number of hydrogen-bond acceptors (Lipinski definition) is 9. The highest BCUT2D eigenvalue weighted by molar-refractivity contribution is 7.90. The number of carbonyl (C=O) groups is 2. The van der Waals surface area contributed by atoms with Crippen LogP contribution in [0.4, 0.5) is 31.1 Å². The third kappa shape index (κ3) is 6.76. The number of alkyl halides is 6. The Morgan fingerprint density at radius 3 is 2.13 bits per heavy atom. The van der Waals surface area contributed by atoms with Crippen LogP contribution in [0.3, 0.4) is 0 Å². The molecule has 10 nitrogen and oxygen atoms in total. The van der Waals surface area contributed by atoms with Crippen molar-refractivity contribution in [3.05, 3.63) is 94.3 Å². The maximum absolute atomic E-state index is 13.7. The molecule has 52 heavy (non-hydrogen) atoms. The lowest BCUT2D eigenvalue weighted by Gasteiger charge is -2.26. The van der Waals surface area contributed by atoms with Crippen molar-refractivity contribution in [2.24, 2.45) is 0 Å². The zero-order valence-electron chi connectivity index (χ0n) is 27.8. The molecule has 1 saturated heterocycles. The molecule has 1 amide bonds. The van der Waals surface area contributed by atoms with E-state index in [9.17, 15) is 44.3 Å². The van der Waals surface area contributed by atoms with Crippen molar-refractivity contribution in [2.75, 3.05) is 20.5 Å². The molecular formula is C35H29F6N3O7S. The number of carbonyl (C=O) groups excluding carboxylic acids is 2. The smallest absolute Gasteiger partial charge is 0.416 e. The standard InChI is InChI=1S/C35H29F6N3O7S/c1-18-11-20(30(45)50-3)5-7-24(18)19-6-8-28(49-2)25(14-19)26-16-42-31(52(4,47)48)43-27(26)17-44-32(46)51-29(33(44)9-10-33)21-12-22(34(36,37)38)15-23(13-21)35(39,40)41/h5-8,11-16,29H,9-10,17H2,1-4H3. The Balaban J connectivity index is 1.45. The average molecular weight is 750 g/mol. The Morgan fingerprint density at radius 1 is 0.942 bits per heavy atom. The fraction of sp³-hybridized carbons (Fsp3) is 0.314. The first kappa shape index (κ1) is 36.6. The fourth-order valence-electron chi connectivity index (χ4n) is 6.38. The predicted octanol–water partition coefficient (Wildman–Crippen LogP) is 7.58. The summed E-state index contributed by atoms with van der Waals surface area (Å²) in [7, 11) is -1.34. The SMILES string of the molecule is COC(=O)c1ccc(-c2ccc(OC)c(-c3cnc(S(C)(=O)=O)nc3CN3C(=O)OC(c4cc(C(F)(F)F)cc(C(F)(F)F)c4)C34CC4)c2)c(C)c1. The first-order valence-corrected chi connectivity index (χ1v) is 17.4. The van der Waals surface area contributed by atoms with Gasteiger partial charge in [-0.15, -0.1) is 0 Å². The lowest BCUT2D eigenvalue weighted by molar-refractivity contribution is -0.143. The summed E-state index contributed by atoms with van der Waals surface area (Å²) in [6.45, 7) is 1.34. The topological polar surface area (TPSA) is 125 Å². The maximum Gasteiger partial charge on any atom is 0.416 e. The van der Waals surface area contributed by atoms with E-state index in [1.165, 1.54) is 20.4 Å². The van der Waals surface area contributed by atoms with Gasteiger partial charge in [-0.05, 0) is 84.5 Å². The van der Waals surface area contributed by atoms with Gasteiger partial charge in [0.15, 0.2) is 6.10 Å². The van der Waals surface area contributed by atoms with Gasteiger partial charge in [0.1, 0.15) is 5.75 Å². The first-order valence-electron chi connectivity index (χ1n) is 15.5. The van der Waals surface area contributed by atoms with Crippen molar-refractivity contribution >= 4 is 21.9 Å². The minimum atomic E-state index is -5.12. The molecule has 0 N–H and O–H groups in total. The van der Waals surface area contributed by atoms with E-state index in [1.54, 1.807) is 43.3 Å². The number of amides is 1. The average Bonchev–Trinajstić information content (AvgIpc) is 3.83. The van der Waals surface area contributed by atoms with Crippen molar-refractivity contribution in [3.8, 4) is 28.0 Å². The third-order valence-electron chi connectivity index (χ3n) is 9.07. The van der Waals surface area contributed by atoms with Crippen molar-refractivity contribution in [1.29, 1.82) is 0 Å². The van der Waals surface area contributed by atoms with E-state index in [2.05, 4.69) is 9.97 Å². The second kappa shape index (κ2) is 12.8. The number of nitrogens with zero attached hydrogens (tertiary/aromatic N) is 3. The fourth-order valence-corrected chi connectivity index (χ4v) is 6.90. The van der Waals surface area contributed by atoms with Crippen LogP contribution in [-0.2, 0) is 38.2 Å². The Bertz CT molecular complexity index is 2190. The molecule has 2 heterocycles. The summed E-state index contributed by atoms with van der Waals surface area (Å²) >= 11 is 0. The van der Waals surface area contributed by atoms with Crippen LogP contribution < -0.4 is 4.74 Å². The molecule has 1 aliphatic heterocycles. The monoisotopic (exact) mass is 749 g/mol. The minimum Gasteiger partial charge on any atom is -0.496 e. The molecule has 1 aromatic heterocycles. The summed E-state index contributed by atoms with van der Waals surface area (Å²) in [4.78, 5) is 35.0. The Morgan fingerprint density at radius 2 is 1.60 bits per heavy atom. The first-order chi connectivity index (χ1) is 24.3. The molecule has 0 bridgehead atoms. The van der Waals surface area contributed by atoms with Crippen LogP contribution in [0.25, 0.3) is 22.3 Å². The number of hydrogen-bond donors (Lipinski definition) is 0. The van der Waals surface area contributed by atoms with Crippen LogP contribution in [0.5, 0.6) is 5.75 Å². The molecule has 1 saturated carbocycles. The van der Waals surface area contributed by atoms with Gasteiger partial charge in [-0.2, -0.15) is 26.3 Å². The molecule has 1 spiro atoms. The summed E-state index contributed by atoms with van der Waals surface area (Å²) < 4.78 is 123. The van der Waals surface area contributed by atoms with Gasteiger partial charge in [0.25, 0.3) is 0 Å². The molecule has 4 aromatic rings. The lowest BCUT2D eigenvalue weighted by Crippen LogP contribution is -2.36. The van der Waals surface area contributed by atoms with Crippen LogP contribution in [-0.4, -0.2) is 61.4 Å². The van der Waals surface area contributed by atoms with Gasteiger partial charge in [-0.1, -0.05) is 12.1 Å². The van der Waals surface area contributed by atoms with Crippen LogP contribution >= 0.6 is 0 Å². The molecule has 3 aromatic carbocycles. The number of rotatable bonds is 8. The number of aryl methyl sites for hydroxylation is 1. The van der Waals surface area contributed by atoms with Gasteiger partial charge in [0.2, 0.25) is 15.0 Å². The number of cyclic esters (lactones) is 1. The van der Waals surface area contributed by atoms with Crippen LogP contribution in [0.15, 0.2) is 66.0 Å². The number of halogens is 6. The van der Waals surface area contributed by atoms with E-state index >= 15 is 0 Å². The molecule has 1 aliphatic carbocycles. The summed E-state index contributed by atoms with van der Waals surface area (Å²) in [5, 5.41) is -0.586. The normalized spacial score (nSPS) is 16.9. The number of aromatic nitrogens is 2. The quantitative estimate of drug-likeness (QED) is 0.102. The minimum absolute atomic E-state index is 0.00597. The highest BCUT2D eigenvalue weighted by Gasteiger charge is 2.64. The zero-order valence-corrected chi connectivity index (χ0v) is 28.7. The Kier molecular flexibility index (Phi) is 9.00. The lowest BCUT2D eigenvalue weighted by atomic mass is 9.93. The van der Waals surface area contributed by atoms with Gasteiger partial charge >= 0.3 is 24.4 Å². The van der Waals surface area contributed by atoms with Gasteiger partial charge < -0.3 is 14.2 Å². The van der Waals surface area contributed by atoms with Crippen LogP contribution in [0.2, 0.25) is 0 Å². The van der Waals surface area contributed by atoms with E-state index in [-0.39, 0.29) is 30.2 Å². The van der Waals surface area contributed by atoms with Gasteiger partial charge in [0, 0.05) is 23.6 Å². The van der Waals surface area contributed by atoms with Gasteiger partial charge in [-0.25, -0.2) is 28.0 Å². The molecular weight excluding hydrogens is 720 g/mol. The van der Waals surface area contributed by atoms with Crippen molar-refractivity contribution in [2.45, 2.75) is 55.5 Å². The predicted molar refractivity (Wildman–Crippen MR) is 172 cm³/mol. The van der Waals surface area contributed by atoms with E-state index < -0.39 is 74.3 Å². The molecule has 2 fully saturated rings. The molecule has 274 valence electrons. The highest BCUT2D eigenvalue weighted by atomic mass is 32.2. The second-order valence-corrected chi connectivity index (χ2v) is 14.4. The van der Waals surface area contributed by atoms with Crippen molar-refractivity contribution in [1.82, 2.24) is 14.9 Å². The highest BCUT2D eigenvalue weighted by Crippen LogP contribution is 2.58. The summed E-state index contributed by atoms with van der Waals surface area (Å²) in [5.74, 6) is -0.223. The van der Waals surface area contributed by atoms with Gasteiger partial charge in [-0.3, -0.25) is 4.90 Å². The zero-order chi connectivity index (χ0) is 38.0. The van der Waals surface area contributed by atoms with Crippen molar-refractivity contribution < 1.29 is 58.6 Å². The van der Waals surface area contributed by atoms with E-state index in [4.69, 9.17) is 14.2 Å². The number of ether oxygens (including phenoxy) is 3. The second-order valence-electron chi connectivity index (χ2n) is 12.5. The Hall–Kier alpha value is -5.19. The van der Waals surface area contributed by atoms with Crippen LogP contribution in [0.1, 0.15) is 57.3 Å². The van der Waals surface area contributed by atoms with E-state index in [0.717, 1.165) is 11.2 Å². The Labute approximate surface area is 293 Å². The molecule has 1 unspecified atom stereocenters.